The predicted octanol–water partition coefficient (Wildman–Crippen LogP) is 3.86. The van der Waals surface area contributed by atoms with Gasteiger partial charge in [-0.25, -0.2) is 9.18 Å². The van der Waals surface area contributed by atoms with Gasteiger partial charge < -0.3 is 15.2 Å². The number of alkyl carbamates (subject to hydrolysis) is 1. The van der Waals surface area contributed by atoms with E-state index in [0.717, 1.165) is 5.56 Å². The molecule has 0 heterocycles. The van der Waals surface area contributed by atoms with Crippen molar-refractivity contribution >= 4 is 12.2 Å². The van der Waals surface area contributed by atoms with Crippen LogP contribution in [0, 0.1) is 5.82 Å². The zero-order chi connectivity index (χ0) is 16.5. The van der Waals surface area contributed by atoms with Crippen LogP contribution in [-0.4, -0.2) is 17.7 Å². The number of carbonyl (C=O) groups excluding carboxylic acids is 1. The molecule has 0 atom stereocenters. The summed E-state index contributed by atoms with van der Waals surface area (Å²) in [5.41, 5.74) is 1.32. The van der Waals surface area contributed by atoms with Crippen molar-refractivity contribution in [1.82, 2.24) is 5.32 Å². The second kappa shape index (κ2) is 8.58. The summed E-state index contributed by atoms with van der Waals surface area (Å²) in [4.78, 5) is 11.5. The average Bonchev–Trinajstić information content (AvgIpc) is 2.57. The van der Waals surface area contributed by atoms with Crippen LogP contribution in [0.1, 0.15) is 17.5 Å². The number of benzene rings is 2. The van der Waals surface area contributed by atoms with E-state index >= 15 is 0 Å². The maximum absolute atomic E-state index is 13.1. The number of aromatic hydroxyl groups is 1. The first kappa shape index (κ1) is 16.5. The first-order valence-electron chi connectivity index (χ1n) is 7.25. The van der Waals surface area contributed by atoms with E-state index in [2.05, 4.69) is 5.32 Å². The summed E-state index contributed by atoms with van der Waals surface area (Å²) in [6.07, 6.45) is 3.40. The summed E-state index contributed by atoms with van der Waals surface area (Å²) >= 11 is 0. The Balaban J connectivity index is 1.67. The second-order valence-corrected chi connectivity index (χ2v) is 4.86. The molecule has 0 radical (unpaired) electrons. The number of phenolic OH excluding ortho intramolecular Hbond substituents is 1. The van der Waals surface area contributed by atoms with Crippen LogP contribution in [0.25, 0.3) is 6.08 Å². The molecule has 0 aliphatic heterocycles. The first-order chi connectivity index (χ1) is 11.2. The van der Waals surface area contributed by atoms with Gasteiger partial charge in [-0.1, -0.05) is 54.6 Å². The summed E-state index contributed by atoms with van der Waals surface area (Å²) in [5, 5.41) is 12.1. The SMILES string of the molecule is O=C(NCCC=Cc1cccc(F)c1O)OCc1ccccc1. The number of halogens is 1. The van der Waals surface area contributed by atoms with Gasteiger partial charge in [0, 0.05) is 12.1 Å². The topological polar surface area (TPSA) is 58.6 Å². The third-order valence-corrected chi connectivity index (χ3v) is 3.11. The van der Waals surface area contributed by atoms with Gasteiger partial charge in [-0.2, -0.15) is 0 Å². The molecular weight excluding hydrogens is 297 g/mol. The van der Waals surface area contributed by atoms with E-state index in [1.54, 1.807) is 18.2 Å². The number of carbonyl (C=O) groups is 1. The number of nitrogens with one attached hydrogen (secondary N) is 1. The molecule has 2 rings (SSSR count). The Bertz CT molecular complexity index is 671. The molecule has 0 saturated carbocycles. The zero-order valence-corrected chi connectivity index (χ0v) is 12.5. The summed E-state index contributed by atoms with van der Waals surface area (Å²) in [6.45, 7) is 0.611. The van der Waals surface area contributed by atoms with Gasteiger partial charge in [0.2, 0.25) is 0 Å². The fourth-order valence-corrected chi connectivity index (χ4v) is 1.91. The molecule has 2 N–H and O–H groups in total. The van der Waals surface area contributed by atoms with E-state index in [-0.39, 0.29) is 12.4 Å². The van der Waals surface area contributed by atoms with Crippen molar-refractivity contribution in [3.63, 3.8) is 0 Å². The maximum atomic E-state index is 13.1. The van der Waals surface area contributed by atoms with E-state index in [9.17, 15) is 14.3 Å². The molecule has 0 aromatic heterocycles. The van der Waals surface area contributed by atoms with Gasteiger partial charge in [0.05, 0.1) is 0 Å². The molecule has 2 aromatic carbocycles. The van der Waals surface area contributed by atoms with Crippen LogP contribution in [0.15, 0.2) is 54.6 Å². The largest absolute Gasteiger partial charge is 0.504 e. The third-order valence-electron chi connectivity index (χ3n) is 3.11. The van der Waals surface area contributed by atoms with Crippen LogP contribution in [0.4, 0.5) is 9.18 Å². The van der Waals surface area contributed by atoms with E-state index < -0.39 is 11.9 Å². The Morgan fingerprint density at radius 2 is 1.96 bits per heavy atom. The van der Waals surface area contributed by atoms with Crippen LogP contribution < -0.4 is 5.32 Å². The van der Waals surface area contributed by atoms with E-state index in [1.165, 1.54) is 12.1 Å². The minimum atomic E-state index is -0.658. The number of amides is 1. The number of ether oxygens (including phenoxy) is 1. The van der Waals surface area contributed by atoms with Gasteiger partial charge in [0.1, 0.15) is 6.61 Å². The van der Waals surface area contributed by atoms with Gasteiger partial charge in [0.25, 0.3) is 0 Å². The average molecular weight is 315 g/mol. The van der Waals surface area contributed by atoms with Gasteiger partial charge in [-0.05, 0) is 18.1 Å². The van der Waals surface area contributed by atoms with E-state index in [0.29, 0.717) is 18.5 Å². The Kier molecular flexibility index (Phi) is 6.17. The summed E-state index contributed by atoms with van der Waals surface area (Å²) in [5.74, 6) is -1.03. The molecule has 0 saturated heterocycles. The number of phenols is 1. The molecular formula is C18H18FNO3. The van der Waals surface area contributed by atoms with Crippen molar-refractivity contribution in [1.29, 1.82) is 0 Å². The zero-order valence-electron chi connectivity index (χ0n) is 12.5. The van der Waals surface area contributed by atoms with Gasteiger partial charge in [-0.15, -0.1) is 0 Å². The maximum Gasteiger partial charge on any atom is 0.407 e. The van der Waals surface area contributed by atoms with Crippen LogP contribution in [0.5, 0.6) is 5.75 Å². The molecule has 0 bridgehead atoms. The number of para-hydroxylation sites is 1. The Morgan fingerprint density at radius 1 is 1.17 bits per heavy atom. The molecule has 120 valence electrons. The normalized spacial score (nSPS) is 10.7. The molecule has 0 aliphatic rings. The minimum absolute atomic E-state index is 0.222. The van der Waals surface area contributed by atoms with Gasteiger partial charge in [0.15, 0.2) is 11.6 Å². The molecule has 2 aromatic rings. The summed E-state index contributed by atoms with van der Waals surface area (Å²) in [6, 6.07) is 13.7. The lowest BCUT2D eigenvalue weighted by Gasteiger charge is -2.06. The molecule has 0 unspecified atom stereocenters. The lowest BCUT2D eigenvalue weighted by Crippen LogP contribution is -2.24. The Labute approximate surface area is 134 Å². The number of hydrogen-bond acceptors (Lipinski definition) is 3. The van der Waals surface area contributed by atoms with Gasteiger partial charge >= 0.3 is 6.09 Å². The van der Waals surface area contributed by atoms with Crippen molar-refractivity contribution in [2.24, 2.45) is 0 Å². The highest BCUT2D eigenvalue weighted by Gasteiger charge is 2.03. The smallest absolute Gasteiger partial charge is 0.407 e. The number of hydrogen-bond donors (Lipinski definition) is 2. The standard InChI is InChI=1S/C18H18FNO3/c19-16-11-6-10-15(17(16)21)9-4-5-12-20-18(22)23-13-14-7-2-1-3-8-14/h1-4,6-11,21H,5,12-13H2,(H,20,22). The van der Waals surface area contributed by atoms with Crippen LogP contribution in [0.3, 0.4) is 0 Å². The van der Waals surface area contributed by atoms with Crippen LogP contribution in [-0.2, 0) is 11.3 Å². The van der Waals surface area contributed by atoms with Gasteiger partial charge in [-0.3, -0.25) is 0 Å². The fraction of sp³-hybridized carbons (Fsp3) is 0.167. The molecule has 0 spiro atoms. The molecule has 23 heavy (non-hydrogen) atoms. The highest BCUT2D eigenvalue weighted by molar-refractivity contribution is 5.67. The lowest BCUT2D eigenvalue weighted by atomic mass is 10.1. The van der Waals surface area contributed by atoms with Crippen molar-refractivity contribution < 1.29 is 19.0 Å². The molecule has 0 fully saturated rings. The summed E-state index contributed by atoms with van der Waals surface area (Å²) < 4.78 is 18.2. The summed E-state index contributed by atoms with van der Waals surface area (Å²) in [7, 11) is 0. The molecule has 4 nitrogen and oxygen atoms in total. The quantitative estimate of drug-likeness (QED) is 0.796. The first-order valence-corrected chi connectivity index (χ1v) is 7.25. The molecule has 0 aliphatic carbocycles. The van der Waals surface area contributed by atoms with Crippen molar-refractivity contribution in [2.75, 3.05) is 6.54 Å². The minimum Gasteiger partial charge on any atom is -0.504 e. The second-order valence-electron chi connectivity index (χ2n) is 4.86. The number of rotatable bonds is 6. The van der Waals surface area contributed by atoms with E-state index in [1.807, 2.05) is 30.3 Å². The monoisotopic (exact) mass is 315 g/mol. The third kappa shape index (κ3) is 5.47. The predicted molar refractivity (Wildman–Crippen MR) is 86.3 cm³/mol. The highest BCUT2D eigenvalue weighted by atomic mass is 19.1. The Morgan fingerprint density at radius 3 is 2.74 bits per heavy atom. The lowest BCUT2D eigenvalue weighted by molar-refractivity contribution is 0.140. The molecule has 5 heteroatoms. The van der Waals surface area contributed by atoms with E-state index in [4.69, 9.17) is 4.74 Å². The molecule has 1 amide bonds. The van der Waals surface area contributed by atoms with Crippen molar-refractivity contribution in [3.05, 3.63) is 71.6 Å². The van der Waals surface area contributed by atoms with Crippen LogP contribution in [0.2, 0.25) is 0 Å². The van der Waals surface area contributed by atoms with Crippen molar-refractivity contribution in [2.45, 2.75) is 13.0 Å². The van der Waals surface area contributed by atoms with Crippen LogP contribution >= 0.6 is 0 Å². The van der Waals surface area contributed by atoms with Crippen molar-refractivity contribution in [3.8, 4) is 5.75 Å². The fourth-order valence-electron chi connectivity index (χ4n) is 1.91. The Hall–Kier alpha value is -2.82. The highest BCUT2D eigenvalue weighted by Crippen LogP contribution is 2.21.